The van der Waals surface area contributed by atoms with E-state index in [1.54, 1.807) is 18.2 Å². The summed E-state index contributed by atoms with van der Waals surface area (Å²) in [6.07, 6.45) is 0.912. The predicted molar refractivity (Wildman–Crippen MR) is 107 cm³/mol. The second kappa shape index (κ2) is 9.35. The molecule has 0 amide bonds. The number of anilines is 1. The van der Waals surface area contributed by atoms with Crippen molar-refractivity contribution < 1.29 is 19.4 Å². The number of carbonyl (C=O) groups is 1. The zero-order valence-electron chi connectivity index (χ0n) is 14.8. The first kappa shape index (κ1) is 20.7. The fraction of sp³-hybridized carbons (Fsp3) is 0.263. The summed E-state index contributed by atoms with van der Waals surface area (Å²) in [5.41, 5.74) is 7.22. The Kier molecular flexibility index (Phi) is 7.16. The molecule has 0 radical (unpaired) electrons. The van der Waals surface area contributed by atoms with Gasteiger partial charge in [-0.25, -0.2) is 0 Å². The minimum Gasteiger partial charge on any atom is -0.481 e. The predicted octanol–water partition coefficient (Wildman–Crippen LogP) is 3.06. The number of aryl methyl sites for hydroxylation is 1. The number of carboxylic acids is 1. The molecule has 0 fully saturated rings. The number of aliphatic carboxylic acids is 1. The van der Waals surface area contributed by atoms with Crippen molar-refractivity contribution in [2.24, 2.45) is 5.73 Å². The van der Waals surface area contributed by atoms with E-state index in [-0.39, 0.29) is 18.3 Å². The van der Waals surface area contributed by atoms with E-state index >= 15 is 0 Å². The van der Waals surface area contributed by atoms with Crippen molar-refractivity contribution in [3.05, 3.63) is 65.7 Å². The lowest BCUT2D eigenvalue weighted by atomic mass is 10.0. The normalized spacial score (nSPS) is 14.1. The largest absolute Gasteiger partial charge is 0.481 e. The van der Waals surface area contributed by atoms with Crippen LogP contribution in [0, 0.1) is 5.41 Å². The van der Waals surface area contributed by atoms with Crippen LogP contribution >= 0.6 is 7.37 Å². The molecule has 0 spiro atoms. The highest BCUT2D eigenvalue weighted by Gasteiger charge is 2.30. The fourth-order valence-corrected chi connectivity index (χ4v) is 4.64. The van der Waals surface area contributed by atoms with Crippen LogP contribution in [0.25, 0.3) is 0 Å². The summed E-state index contributed by atoms with van der Waals surface area (Å²) in [6.45, 7) is 0. The monoisotopic (exact) mass is 389 g/mol. The highest BCUT2D eigenvalue weighted by atomic mass is 31.2. The second-order valence-electron chi connectivity index (χ2n) is 6.40. The standard InChI is InChI=1S/C19H24N3O4P/c20-19(21)22-16-10-4-9-15(12-16)17(18(23)24)13-27(25,26)11-5-8-14-6-2-1-3-7-14/h1-4,6-7,9-10,12,17H,5,8,11,13H2,(H,23,24)(H,25,26)(H4,20,21,22). The van der Waals surface area contributed by atoms with Gasteiger partial charge in [-0.05, 0) is 36.1 Å². The van der Waals surface area contributed by atoms with E-state index in [0.29, 0.717) is 24.1 Å². The van der Waals surface area contributed by atoms with Crippen LogP contribution in [0.3, 0.4) is 0 Å². The number of hydrogen-bond acceptors (Lipinski definition) is 3. The third kappa shape index (κ3) is 6.89. The number of hydrogen-bond donors (Lipinski definition) is 5. The van der Waals surface area contributed by atoms with Crippen LogP contribution in [0.2, 0.25) is 0 Å². The summed E-state index contributed by atoms with van der Waals surface area (Å²) in [7, 11) is -3.62. The quantitative estimate of drug-likeness (QED) is 0.254. The molecule has 2 rings (SSSR count). The lowest BCUT2D eigenvalue weighted by Crippen LogP contribution is -2.21. The molecule has 6 N–H and O–H groups in total. The van der Waals surface area contributed by atoms with Crippen LogP contribution in [-0.4, -0.2) is 34.3 Å². The highest BCUT2D eigenvalue weighted by Crippen LogP contribution is 2.45. The van der Waals surface area contributed by atoms with E-state index in [0.717, 1.165) is 5.56 Å². The van der Waals surface area contributed by atoms with Gasteiger partial charge in [0.15, 0.2) is 5.96 Å². The van der Waals surface area contributed by atoms with Crippen LogP contribution in [0.5, 0.6) is 0 Å². The van der Waals surface area contributed by atoms with Crippen molar-refractivity contribution in [2.45, 2.75) is 18.8 Å². The summed E-state index contributed by atoms with van der Waals surface area (Å²) in [6, 6.07) is 16.0. The van der Waals surface area contributed by atoms with Gasteiger partial charge in [0.05, 0.1) is 5.92 Å². The molecule has 2 atom stereocenters. The maximum atomic E-state index is 12.6. The fourth-order valence-electron chi connectivity index (χ4n) is 2.87. The molecule has 2 aromatic carbocycles. The lowest BCUT2D eigenvalue weighted by Gasteiger charge is -2.18. The van der Waals surface area contributed by atoms with Crippen molar-refractivity contribution in [1.29, 1.82) is 5.41 Å². The molecular weight excluding hydrogens is 365 g/mol. The number of guanidine groups is 1. The highest BCUT2D eigenvalue weighted by molar-refractivity contribution is 7.58. The smallest absolute Gasteiger partial charge is 0.311 e. The topological polar surface area (TPSA) is 136 Å². The maximum Gasteiger partial charge on any atom is 0.311 e. The first-order chi connectivity index (χ1) is 12.8. The molecule has 0 bridgehead atoms. The van der Waals surface area contributed by atoms with Crippen molar-refractivity contribution in [1.82, 2.24) is 0 Å². The van der Waals surface area contributed by atoms with E-state index in [4.69, 9.17) is 11.1 Å². The summed E-state index contributed by atoms with van der Waals surface area (Å²) < 4.78 is 12.6. The van der Waals surface area contributed by atoms with Gasteiger partial charge < -0.3 is 21.1 Å². The van der Waals surface area contributed by atoms with Gasteiger partial charge >= 0.3 is 5.97 Å². The van der Waals surface area contributed by atoms with Gasteiger partial charge in [0.1, 0.15) is 0 Å². The van der Waals surface area contributed by atoms with Gasteiger partial charge in [-0.15, -0.1) is 0 Å². The summed E-state index contributed by atoms with van der Waals surface area (Å²) in [4.78, 5) is 22.0. The first-order valence-corrected chi connectivity index (χ1v) is 10.6. The van der Waals surface area contributed by atoms with Gasteiger partial charge in [0.2, 0.25) is 7.37 Å². The van der Waals surface area contributed by atoms with Gasteiger partial charge in [0.25, 0.3) is 0 Å². The van der Waals surface area contributed by atoms with Gasteiger partial charge in [-0.3, -0.25) is 14.8 Å². The molecule has 0 aliphatic heterocycles. The number of carboxylic acid groups (broad SMARTS) is 1. The van der Waals surface area contributed by atoms with Gasteiger partial charge in [-0.2, -0.15) is 0 Å². The Hall–Kier alpha value is -2.63. The van der Waals surface area contributed by atoms with Crippen LogP contribution < -0.4 is 11.1 Å². The van der Waals surface area contributed by atoms with E-state index in [9.17, 15) is 19.4 Å². The SMILES string of the molecule is N=C(N)Nc1cccc(C(CP(=O)(O)CCCc2ccccc2)C(=O)O)c1. The van der Waals surface area contributed by atoms with Crippen LogP contribution in [0.15, 0.2) is 54.6 Å². The summed E-state index contributed by atoms with van der Waals surface area (Å²) in [5, 5.41) is 19.4. The Labute approximate surface area is 158 Å². The Morgan fingerprint density at radius 3 is 2.52 bits per heavy atom. The number of rotatable bonds is 9. The van der Waals surface area contributed by atoms with Crippen molar-refractivity contribution in [2.75, 3.05) is 17.6 Å². The molecule has 27 heavy (non-hydrogen) atoms. The molecule has 0 heterocycles. The molecule has 0 saturated heterocycles. The Morgan fingerprint density at radius 1 is 1.19 bits per heavy atom. The molecule has 0 aliphatic rings. The zero-order valence-corrected chi connectivity index (χ0v) is 15.7. The minimum absolute atomic E-state index is 0.0665. The van der Waals surface area contributed by atoms with Crippen molar-refractivity contribution in [3.8, 4) is 0 Å². The van der Waals surface area contributed by atoms with Gasteiger partial charge in [0, 0.05) is 18.0 Å². The lowest BCUT2D eigenvalue weighted by molar-refractivity contribution is -0.138. The first-order valence-electron chi connectivity index (χ1n) is 8.55. The number of benzene rings is 2. The van der Waals surface area contributed by atoms with Crippen LogP contribution in [-0.2, 0) is 15.8 Å². The van der Waals surface area contributed by atoms with Crippen LogP contribution in [0.4, 0.5) is 5.69 Å². The Bertz CT molecular complexity index is 842. The van der Waals surface area contributed by atoms with Crippen molar-refractivity contribution >= 4 is 25.0 Å². The molecule has 2 aromatic rings. The Balaban J connectivity index is 2.04. The molecule has 0 aliphatic carbocycles. The number of nitrogens with two attached hydrogens (primary N) is 1. The van der Waals surface area contributed by atoms with E-state index in [2.05, 4.69) is 5.32 Å². The van der Waals surface area contributed by atoms with Gasteiger partial charge in [-0.1, -0.05) is 42.5 Å². The zero-order chi connectivity index (χ0) is 19.9. The molecular formula is C19H24N3O4P. The summed E-state index contributed by atoms with van der Waals surface area (Å²) >= 11 is 0. The van der Waals surface area contributed by atoms with E-state index in [1.165, 1.54) is 6.07 Å². The summed E-state index contributed by atoms with van der Waals surface area (Å²) in [5.74, 6) is -2.54. The van der Waals surface area contributed by atoms with Crippen molar-refractivity contribution in [3.63, 3.8) is 0 Å². The molecule has 144 valence electrons. The average Bonchev–Trinajstić information content (AvgIpc) is 2.60. The van der Waals surface area contributed by atoms with E-state index in [1.807, 2.05) is 30.3 Å². The molecule has 2 unspecified atom stereocenters. The second-order valence-corrected chi connectivity index (χ2v) is 8.90. The van der Waals surface area contributed by atoms with E-state index < -0.39 is 19.3 Å². The third-order valence-corrected chi connectivity index (χ3v) is 6.10. The molecule has 0 aromatic heterocycles. The number of nitrogens with one attached hydrogen (secondary N) is 2. The maximum absolute atomic E-state index is 12.6. The molecule has 7 nitrogen and oxygen atoms in total. The molecule has 8 heteroatoms. The van der Waals surface area contributed by atoms with Crippen LogP contribution in [0.1, 0.15) is 23.5 Å². The minimum atomic E-state index is -3.62. The Morgan fingerprint density at radius 2 is 1.89 bits per heavy atom. The third-order valence-electron chi connectivity index (χ3n) is 4.15. The average molecular weight is 389 g/mol. The molecule has 0 saturated carbocycles.